The molecule has 1 aromatic rings. The lowest BCUT2D eigenvalue weighted by Crippen LogP contribution is -2.34. The standard InChI is InChI=1S/C13H17FN2O4/c1-2-3-6-15(7-8-17)13(18)10-4-5-12(16(19)20)11(14)9-10/h4-5,9,17H,2-3,6-8H2,1H3. The summed E-state index contributed by atoms with van der Waals surface area (Å²) in [6.07, 6.45) is 1.64. The van der Waals surface area contributed by atoms with Gasteiger partial charge in [-0.05, 0) is 18.6 Å². The predicted molar refractivity (Wildman–Crippen MR) is 71.0 cm³/mol. The molecule has 0 aliphatic carbocycles. The monoisotopic (exact) mass is 284 g/mol. The number of carbonyl (C=O) groups excluding carboxylic acids is 1. The summed E-state index contributed by atoms with van der Waals surface area (Å²) in [6, 6.07) is 3.05. The van der Waals surface area contributed by atoms with E-state index < -0.39 is 22.3 Å². The quantitative estimate of drug-likeness (QED) is 0.613. The third-order valence-corrected chi connectivity index (χ3v) is 2.83. The maximum Gasteiger partial charge on any atom is 0.304 e. The van der Waals surface area contributed by atoms with E-state index in [2.05, 4.69) is 0 Å². The smallest absolute Gasteiger partial charge is 0.304 e. The summed E-state index contributed by atoms with van der Waals surface area (Å²) in [5.41, 5.74) is -0.624. The van der Waals surface area contributed by atoms with Crippen molar-refractivity contribution in [3.63, 3.8) is 0 Å². The largest absolute Gasteiger partial charge is 0.395 e. The van der Waals surface area contributed by atoms with Gasteiger partial charge in [0.15, 0.2) is 0 Å². The molecule has 0 saturated carbocycles. The van der Waals surface area contributed by atoms with Crippen molar-refractivity contribution < 1.29 is 19.2 Å². The molecule has 0 saturated heterocycles. The zero-order valence-electron chi connectivity index (χ0n) is 11.2. The topological polar surface area (TPSA) is 83.7 Å². The number of carbonyl (C=O) groups is 1. The van der Waals surface area contributed by atoms with Crippen molar-refractivity contribution in [2.75, 3.05) is 19.7 Å². The Hall–Kier alpha value is -2.02. The first-order valence-electron chi connectivity index (χ1n) is 6.35. The van der Waals surface area contributed by atoms with Crippen LogP contribution in [0.5, 0.6) is 0 Å². The van der Waals surface area contributed by atoms with Crippen molar-refractivity contribution in [3.05, 3.63) is 39.7 Å². The molecule has 110 valence electrons. The van der Waals surface area contributed by atoms with Crippen LogP contribution in [0, 0.1) is 15.9 Å². The number of aliphatic hydroxyl groups is 1. The summed E-state index contributed by atoms with van der Waals surface area (Å²) < 4.78 is 13.5. The number of halogens is 1. The highest BCUT2D eigenvalue weighted by Gasteiger charge is 2.20. The van der Waals surface area contributed by atoms with E-state index in [9.17, 15) is 19.3 Å². The molecule has 0 unspecified atom stereocenters. The van der Waals surface area contributed by atoms with Crippen molar-refractivity contribution in [1.29, 1.82) is 0 Å². The van der Waals surface area contributed by atoms with Crippen molar-refractivity contribution in [2.45, 2.75) is 19.8 Å². The molecule has 20 heavy (non-hydrogen) atoms. The van der Waals surface area contributed by atoms with Gasteiger partial charge in [0.05, 0.1) is 11.5 Å². The van der Waals surface area contributed by atoms with Gasteiger partial charge in [-0.2, -0.15) is 4.39 Å². The number of aliphatic hydroxyl groups excluding tert-OH is 1. The lowest BCUT2D eigenvalue weighted by Gasteiger charge is -2.21. The van der Waals surface area contributed by atoms with Crippen LogP contribution in [0.4, 0.5) is 10.1 Å². The number of hydrogen-bond acceptors (Lipinski definition) is 4. The highest BCUT2D eigenvalue weighted by Crippen LogP contribution is 2.19. The van der Waals surface area contributed by atoms with Gasteiger partial charge >= 0.3 is 5.69 Å². The van der Waals surface area contributed by atoms with Gasteiger partial charge in [-0.3, -0.25) is 14.9 Å². The first-order valence-corrected chi connectivity index (χ1v) is 6.35. The van der Waals surface area contributed by atoms with Crippen LogP contribution < -0.4 is 0 Å². The molecule has 0 aliphatic rings. The van der Waals surface area contributed by atoms with E-state index in [1.807, 2.05) is 6.92 Å². The lowest BCUT2D eigenvalue weighted by molar-refractivity contribution is -0.387. The molecule has 0 aliphatic heterocycles. The minimum Gasteiger partial charge on any atom is -0.395 e. The Bertz CT molecular complexity index is 493. The average molecular weight is 284 g/mol. The second kappa shape index (κ2) is 7.54. The van der Waals surface area contributed by atoms with Crippen molar-refractivity contribution in [3.8, 4) is 0 Å². The third-order valence-electron chi connectivity index (χ3n) is 2.83. The molecule has 0 atom stereocenters. The van der Waals surface area contributed by atoms with Crippen LogP contribution in [-0.2, 0) is 0 Å². The Morgan fingerprint density at radius 2 is 2.15 bits per heavy atom. The van der Waals surface area contributed by atoms with Gasteiger partial charge in [0.2, 0.25) is 5.82 Å². The summed E-state index contributed by atoms with van der Waals surface area (Å²) in [5, 5.41) is 19.5. The van der Waals surface area contributed by atoms with E-state index in [1.54, 1.807) is 0 Å². The third kappa shape index (κ3) is 3.99. The molecule has 6 nitrogen and oxygen atoms in total. The minimum absolute atomic E-state index is 0.0395. The molecule has 0 fully saturated rings. The first kappa shape index (κ1) is 16.0. The Balaban J connectivity index is 2.94. The summed E-state index contributed by atoms with van der Waals surface area (Å²) in [5.74, 6) is -1.48. The normalized spacial score (nSPS) is 10.3. The van der Waals surface area contributed by atoms with E-state index in [-0.39, 0.29) is 18.7 Å². The SMILES string of the molecule is CCCCN(CCO)C(=O)c1ccc([N+](=O)[O-])c(F)c1. The molecule has 7 heteroatoms. The molecule has 0 aromatic heterocycles. The van der Waals surface area contributed by atoms with Crippen LogP contribution >= 0.6 is 0 Å². The maximum atomic E-state index is 13.5. The fourth-order valence-electron chi connectivity index (χ4n) is 1.76. The van der Waals surface area contributed by atoms with Gasteiger partial charge in [0, 0.05) is 24.7 Å². The summed E-state index contributed by atoms with van der Waals surface area (Å²) in [6.45, 7) is 2.38. The first-order chi connectivity index (χ1) is 9.51. The minimum atomic E-state index is -1.04. The molecule has 1 rings (SSSR count). The summed E-state index contributed by atoms with van der Waals surface area (Å²) in [4.78, 5) is 23.2. The number of hydrogen-bond donors (Lipinski definition) is 1. The molecule has 0 bridgehead atoms. The molecule has 0 radical (unpaired) electrons. The van der Waals surface area contributed by atoms with Crippen LogP contribution in [0.2, 0.25) is 0 Å². The van der Waals surface area contributed by atoms with Gasteiger partial charge in [-0.25, -0.2) is 0 Å². The van der Waals surface area contributed by atoms with E-state index in [4.69, 9.17) is 5.11 Å². The molecule has 1 N–H and O–H groups in total. The van der Waals surface area contributed by atoms with Crippen LogP contribution in [0.25, 0.3) is 0 Å². The second-order valence-corrected chi connectivity index (χ2v) is 4.29. The van der Waals surface area contributed by atoms with Gasteiger partial charge in [0.25, 0.3) is 5.91 Å². The molecule has 0 spiro atoms. The number of nitro groups is 1. The number of nitro benzene ring substituents is 1. The number of unbranched alkanes of at least 4 members (excludes halogenated alkanes) is 1. The highest BCUT2D eigenvalue weighted by molar-refractivity contribution is 5.94. The molecular formula is C13H17FN2O4. The van der Waals surface area contributed by atoms with Crippen molar-refractivity contribution in [2.24, 2.45) is 0 Å². The second-order valence-electron chi connectivity index (χ2n) is 4.29. The van der Waals surface area contributed by atoms with Crippen molar-refractivity contribution >= 4 is 11.6 Å². The summed E-state index contributed by atoms with van der Waals surface area (Å²) >= 11 is 0. The van der Waals surface area contributed by atoms with Gasteiger partial charge in [-0.15, -0.1) is 0 Å². The maximum absolute atomic E-state index is 13.5. The van der Waals surface area contributed by atoms with E-state index in [0.717, 1.165) is 25.0 Å². The van der Waals surface area contributed by atoms with Crippen LogP contribution in [-0.4, -0.2) is 40.5 Å². The zero-order chi connectivity index (χ0) is 15.1. The Kier molecular flexibility index (Phi) is 6.05. The zero-order valence-corrected chi connectivity index (χ0v) is 11.2. The molecular weight excluding hydrogens is 267 g/mol. The lowest BCUT2D eigenvalue weighted by atomic mass is 10.1. The Morgan fingerprint density at radius 3 is 2.65 bits per heavy atom. The summed E-state index contributed by atoms with van der Waals surface area (Å²) in [7, 11) is 0. The van der Waals surface area contributed by atoms with Gasteiger partial charge in [-0.1, -0.05) is 13.3 Å². The van der Waals surface area contributed by atoms with E-state index >= 15 is 0 Å². The number of rotatable bonds is 7. The average Bonchev–Trinajstić information content (AvgIpc) is 2.42. The van der Waals surface area contributed by atoms with Gasteiger partial charge in [0.1, 0.15) is 0 Å². The van der Waals surface area contributed by atoms with Crippen molar-refractivity contribution in [1.82, 2.24) is 4.90 Å². The Labute approximate surface area is 116 Å². The number of amides is 1. The predicted octanol–water partition coefficient (Wildman–Crippen LogP) is 1.97. The van der Waals surface area contributed by atoms with Crippen LogP contribution in [0.1, 0.15) is 30.1 Å². The molecule has 0 heterocycles. The number of nitrogens with zero attached hydrogens (tertiary/aromatic N) is 2. The van der Waals surface area contributed by atoms with Gasteiger partial charge < -0.3 is 10.0 Å². The highest BCUT2D eigenvalue weighted by atomic mass is 19.1. The van der Waals surface area contributed by atoms with Crippen LogP contribution in [0.3, 0.4) is 0 Å². The Morgan fingerprint density at radius 1 is 1.45 bits per heavy atom. The van der Waals surface area contributed by atoms with Crippen LogP contribution in [0.15, 0.2) is 18.2 Å². The molecule has 1 amide bonds. The fourth-order valence-corrected chi connectivity index (χ4v) is 1.76. The van der Waals surface area contributed by atoms with E-state index in [1.165, 1.54) is 11.0 Å². The van der Waals surface area contributed by atoms with E-state index in [0.29, 0.717) is 6.54 Å². The molecule has 1 aromatic carbocycles. The number of benzene rings is 1. The fraction of sp³-hybridized carbons (Fsp3) is 0.462.